The van der Waals surface area contributed by atoms with E-state index < -0.39 is 10.8 Å². The third kappa shape index (κ3) is 5.51. The van der Waals surface area contributed by atoms with Crippen LogP contribution in [0.2, 0.25) is 0 Å². The largest absolute Gasteiger partial charge is 0.493 e. The van der Waals surface area contributed by atoms with Gasteiger partial charge >= 0.3 is 0 Å². The van der Waals surface area contributed by atoms with Gasteiger partial charge in [0.1, 0.15) is 0 Å². The molecule has 1 aromatic rings. The van der Waals surface area contributed by atoms with E-state index >= 15 is 0 Å². The molecule has 0 saturated heterocycles. The SMILES string of the molecule is COc1cc(CNCC(C)S(C)=O)ccc1OC(C)C. The van der Waals surface area contributed by atoms with E-state index in [-0.39, 0.29) is 11.4 Å². The van der Waals surface area contributed by atoms with E-state index in [1.807, 2.05) is 39.0 Å². The zero-order chi connectivity index (χ0) is 15.1. The second-order valence-corrected chi connectivity index (χ2v) is 6.89. The molecule has 0 spiro atoms. The lowest BCUT2D eigenvalue weighted by molar-refractivity contribution is 0.230. The lowest BCUT2D eigenvalue weighted by atomic mass is 10.2. The normalized spacial score (nSPS) is 14.1. The molecular formula is C15H25NO3S. The van der Waals surface area contributed by atoms with Crippen molar-refractivity contribution in [1.82, 2.24) is 5.32 Å². The Hall–Kier alpha value is -1.07. The van der Waals surface area contributed by atoms with E-state index in [1.54, 1.807) is 13.4 Å². The molecule has 0 saturated carbocycles. The molecule has 0 radical (unpaired) electrons. The van der Waals surface area contributed by atoms with Gasteiger partial charge in [0.15, 0.2) is 11.5 Å². The van der Waals surface area contributed by atoms with Crippen LogP contribution < -0.4 is 14.8 Å². The van der Waals surface area contributed by atoms with E-state index in [9.17, 15) is 4.21 Å². The van der Waals surface area contributed by atoms with Crippen molar-refractivity contribution in [3.05, 3.63) is 23.8 Å². The topological polar surface area (TPSA) is 47.6 Å². The fourth-order valence-corrected chi connectivity index (χ4v) is 2.06. The fourth-order valence-electron chi connectivity index (χ4n) is 1.71. The maximum absolute atomic E-state index is 11.3. The summed E-state index contributed by atoms with van der Waals surface area (Å²) in [5, 5.41) is 3.46. The van der Waals surface area contributed by atoms with Gasteiger partial charge in [-0.3, -0.25) is 4.21 Å². The second kappa shape index (κ2) is 8.27. The lowest BCUT2D eigenvalue weighted by Crippen LogP contribution is -2.27. The molecule has 0 heterocycles. The molecule has 1 rings (SSSR count). The molecule has 5 heteroatoms. The summed E-state index contributed by atoms with van der Waals surface area (Å²) in [7, 11) is 0.849. The number of methoxy groups -OCH3 is 1. The van der Waals surface area contributed by atoms with Crippen LogP contribution in [0.1, 0.15) is 26.3 Å². The van der Waals surface area contributed by atoms with E-state index in [0.29, 0.717) is 0 Å². The number of rotatable bonds is 8. The summed E-state index contributed by atoms with van der Waals surface area (Å²) in [6.07, 6.45) is 1.85. The lowest BCUT2D eigenvalue weighted by Gasteiger charge is -2.15. The number of ether oxygens (including phenoxy) is 2. The predicted molar refractivity (Wildman–Crippen MR) is 84.0 cm³/mol. The van der Waals surface area contributed by atoms with E-state index in [1.165, 1.54) is 0 Å². The highest BCUT2D eigenvalue weighted by atomic mass is 32.2. The second-order valence-electron chi connectivity index (χ2n) is 5.09. The summed E-state index contributed by atoms with van der Waals surface area (Å²) in [5.41, 5.74) is 1.12. The van der Waals surface area contributed by atoms with E-state index in [0.717, 1.165) is 30.2 Å². The van der Waals surface area contributed by atoms with Crippen LogP contribution in [0.15, 0.2) is 18.2 Å². The first kappa shape index (κ1) is 17.0. The first-order valence-electron chi connectivity index (χ1n) is 6.80. The van der Waals surface area contributed by atoms with Crippen molar-refractivity contribution < 1.29 is 13.7 Å². The molecule has 0 bridgehead atoms. The van der Waals surface area contributed by atoms with Gasteiger partial charge in [0, 0.05) is 35.4 Å². The summed E-state index contributed by atoms with van der Waals surface area (Å²) in [4.78, 5) is 0. The minimum absolute atomic E-state index is 0.119. The molecule has 0 aliphatic carbocycles. The Morgan fingerprint density at radius 3 is 2.50 bits per heavy atom. The van der Waals surface area contributed by atoms with Gasteiger partial charge in [0.2, 0.25) is 0 Å². The Bertz CT molecular complexity index is 449. The molecule has 114 valence electrons. The fraction of sp³-hybridized carbons (Fsp3) is 0.600. The summed E-state index contributed by atoms with van der Waals surface area (Å²) >= 11 is 0. The van der Waals surface area contributed by atoms with Crippen molar-refractivity contribution in [2.24, 2.45) is 0 Å². The van der Waals surface area contributed by atoms with Crippen LogP contribution in [0.3, 0.4) is 0 Å². The van der Waals surface area contributed by atoms with Gasteiger partial charge in [-0.1, -0.05) is 6.07 Å². The summed E-state index contributed by atoms with van der Waals surface area (Å²) in [6, 6.07) is 5.91. The molecule has 0 aliphatic heterocycles. The zero-order valence-electron chi connectivity index (χ0n) is 12.9. The third-order valence-electron chi connectivity index (χ3n) is 2.92. The molecule has 2 unspecified atom stereocenters. The van der Waals surface area contributed by atoms with E-state index in [4.69, 9.17) is 9.47 Å². The highest BCUT2D eigenvalue weighted by Crippen LogP contribution is 2.28. The van der Waals surface area contributed by atoms with Crippen molar-refractivity contribution >= 4 is 10.8 Å². The van der Waals surface area contributed by atoms with Crippen LogP contribution >= 0.6 is 0 Å². The molecule has 2 atom stereocenters. The molecule has 0 amide bonds. The Morgan fingerprint density at radius 2 is 1.95 bits per heavy atom. The molecule has 0 aromatic heterocycles. The smallest absolute Gasteiger partial charge is 0.161 e. The Kier molecular flexibility index (Phi) is 7.02. The van der Waals surface area contributed by atoms with Gasteiger partial charge in [-0.15, -0.1) is 0 Å². The van der Waals surface area contributed by atoms with Crippen molar-refractivity contribution in [3.8, 4) is 11.5 Å². The molecule has 1 N–H and O–H groups in total. The predicted octanol–water partition coefficient (Wildman–Crippen LogP) is 2.34. The van der Waals surface area contributed by atoms with Crippen LogP contribution in [0.4, 0.5) is 0 Å². The van der Waals surface area contributed by atoms with Gasteiger partial charge in [-0.05, 0) is 38.5 Å². The summed E-state index contributed by atoms with van der Waals surface area (Å²) in [6.45, 7) is 7.40. The zero-order valence-corrected chi connectivity index (χ0v) is 13.8. The Labute approximate surface area is 124 Å². The number of benzene rings is 1. The average molecular weight is 299 g/mol. The maximum Gasteiger partial charge on any atom is 0.161 e. The number of nitrogens with one attached hydrogen (secondary N) is 1. The van der Waals surface area contributed by atoms with Crippen LogP contribution in [0.25, 0.3) is 0 Å². The van der Waals surface area contributed by atoms with Crippen molar-refractivity contribution in [1.29, 1.82) is 0 Å². The van der Waals surface area contributed by atoms with Gasteiger partial charge < -0.3 is 14.8 Å². The first-order valence-corrected chi connectivity index (χ1v) is 8.42. The van der Waals surface area contributed by atoms with Crippen molar-refractivity contribution in [2.45, 2.75) is 38.7 Å². The Morgan fingerprint density at radius 1 is 1.25 bits per heavy atom. The quantitative estimate of drug-likeness (QED) is 0.800. The third-order valence-corrected chi connectivity index (χ3v) is 4.22. The highest BCUT2D eigenvalue weighted by molar-refractivity contribution is 7.84. The standard InChI is InChI=1S/C15H25NO3S/c1-11(2)19-14-7-6-13(8-15(14)18-4)10-16-9-12(3)20(5)17/h6-8,11-12,16H,9-10H2,1-5H3. The molecule has 20 heavy (non-hydrogen) atoms. The van der Waals surface area contributed by atoms with Gasteiger partial charge in [-0.2, -0.15) is 0 Å². The number of hydrogen-bond acceptors (Lipinski definition) is 4. The summed E-state index contributed by atoms with van der Waals surface area (Å²) in [5.74, 6) is 1.50. The first-order chi connectivity index (χ1) is 9.43. The average Bonchev–Trinajstić information content (AvgIpc) is 2.39. The Balaban J connectivity index is 2.61. The van der Waals surface area contributed by atoms with Crippen molar-refractivity contribution in [2.75, 3.05) is 19.9 Å². The minimum atomic E-state index is -0.792. The van der Waals surface area contributed by atoms with Gasteiger partial charge in [-0.25, -0.2) is 0 Å². The van der Waals surface area contributed by atoms with Crippen LogP contribution in [0, 0.1) is 0 Å². The minimum Gasteiger partial charge on any atom is -0.493 e. The number of hydrogen-bond donors (Lipinski definition) is 1. The molecule has 1 aromatic carbocycles. The van der Waals surface area contributed by atoms with E-state index in [2.05, 4.69) is 5.32 Å². The van der Waals surface area contributed by atoms with Crippen molar-refractivity contribution in [3.63, 3.8) is 0 Å². The van der Waals surface area contributed by atoms with Crippen LogP contribution in [-0.4, -0.2) is 35.5 Å². The van der Waals surface area contributed by atoms with Gasteiger partial charge in [0.05, 0.1) is 13.2 Å². The monoisotopic (exact) mass is 299 g/mol. The molecule has 0 aliphatic rings. The molecule has 4 nitrogen and oxygen atoms in total. The maximum atomic E-state index is 11.3. The molecule has 0 fully saturated rings. The molecular weight excluding hydrogens is 274 g/mol. The summed E-state index contributed by atoms with van der Waals surface area (Å²) < 4.78 is 22.3. The highest BCUT2D eigenvalue weighted by Gasteiger charge is 2.08. The van der Waals surface area contributed by atoms with Gasteiger partial charge in [0.25, 0.3) is 0 Å². The van der Waals surface area contributed by atoms with Crippen LogP contribution in [0.5, 0.6) is 11.5 Å². The van der Waals surface area contributed by atoms with Crippen LogP contribution in [-0.2, 0) is 17.3 Å².